The van der Waals surface area contributed by atoms with Crippen LogP contribution in [-0.2, 0) is 17.1 Å². The Morgan fingerprint density at radius 2 is 1.88 bits per heavy atom. The van der Waals surface area contributed by atoms with Gasteiger partial charge in [0, 0.05) is 38.1 Å². The maximum atomic E-state index is 13.9. The van der Waals surface area contributed by atoms with E-state index in [1.54, 1.807) is 55.2 Å². The van der Waals surface area contributed by atoms with Crippen LogP contribution in [0.2, 0.25) is 0 Å². The van der Waals surface area contributed by atoms with E-state index in [0.29, 0.717) is 30.0 Å². The van der Waals surface area contributed by atoms with Gasteiger partial charge in [-0.15, -0.1) is 0 Å². The number of rotatable bonds is 6. The first-order chi connectivity index (χ1) is 15.8. The molecule has 7 nitrogen and oxygen atoms in total. The molecule has 1 aliphatic rings. The molecule has 1 aliphatic heterocycles. The summed E-state index contributed by atoms with van der Waals surface area (Å²) in [5.74, 6) is -0.365. The van der Waals surface area contributed by atoms with Gasteiger partial charge in [0.15, 0.2) is 0 Å². The van der Waals surface area contributed by atoms with Crippen molar-refractivity contribution in [2.75, 3.05) is 13.1 Å². The summed E-state index contributed by atoms with van der Waals surface area (Å²) in [7, 11) is -1.91. The SMILES string of the molecule is Cc1ccc(C(=O)N[C@@H](c2cccc(F)c2)c2nccn2C)cc1S(=O)(=O)N1CCCCC1. The van der Waals surface area contributed by atoms with E-state index in [1.807, 2.05) is 0 Å². The van der Waals surface area contributed by atoms with Gasteiger partial charge < -0.3 is 9.88 Å². The summed E-state index contributed by atoms with van der Waals surface area (Å²) >= 11 is 0. The lowest BCUT2D eigenvalue weighted by Gasteiger charge is -2.26. The molecule has 3 aromatic rings. The highest BCUT2D eigenvalue weighted by atomic mass is 32.2. The Kier molecular flexibility index (Phi) is 6.62. The molecule has 0 spiro atoms. The number of benzene rings is 2. The van der Waals surface area contributed by atoms with E-state index in [4.69, 9.17) is 0 Å². The minimum Gasteiger partial charge on any atom is -0.338 e. The molecule has 1 aromatic heterocycles. The van der Waals surface area contributed by atoms with Gasteiger partial charge in [0.1, 0.15) is 17.7 Å². The number of aryl methyl sites for hydroxylation is 2. The zero-order chi connectivity index (χ0) is 23.6. The molecule has 0 radical (unpaired) electrons. The number of hydrogen-bond donors (Lipinski definition) is 1. The molecule has 33 heavy (non-hydrogen) atoms. The van der Waals surface area contributed by atoms with Crippen molar-refractivity contribution in [1.82, 2.24) is 19.2 Å². The van der Waals surface area contributed by atoms with E-state index in [0.717, 1.165) is 19.3 Å². The number of halogens is 1. The summed E-state index contributed by atoms with van der Waals surface area (Å²) in [4.78, 5) is 17.7. The average Bonchev–Trinajstić information content (AvgIpc) is 3.23. The second-order valence-electron chi connectivity index (χ2n) is 8.30. The van der Waals surface area contributed by atoms with Gasteiger partial charge in [0.25, 0.3) is 5.91 Å². The highest BCUT2D eigenvalue weighted by Gasteiger charge is 2.29. The van der Waals surface area contributed by atoms with Gasteiger partial charge in [-0.3, -0.25) is 4.79 Å². The van der Waals surface area contributed by atoms with Crippen LogP contribution < -0.4 is 5.32 Å². The molecular weight excluding hydrogens is 443 g/mol. The summed E-state index contributed by atoms with van der Waals surface area (Å²) in [6.45, 7) is 2.69. The number of nitrogens with zero attached hydrogens (tertiary/aromatic N) is 3. The fraction of sp³-hybridized carbons (Fsp3) is 0.333. The molecule has 1 saturated heterocycles. The molecule has 9 heteroatoms. The number of aromatic nitrogens is 2. The van der Waals surface area contributed by atoms with Crippen LogP contribution in [0.5, 0.6) is 0 Å². The van der Waals surface area contributed by atoms with Crippen LogP contribution in [0.4, 0.5) is 4.39 Å². The van der Waals surface area contributed by atoms with Crippen LogP contribution in [0, 0.1) is 12.7 Å². The predicted molar refractivity (Wildman–Crippen MR) is 123 cm³/mol. The quantitative estimate of drug-likeness (QED) is 0.597. The lowest BCUT2D eigenvalue weighted by atomic mass is 10.0. The highest BCUT2D eigenvalue weighted by Crippen LogP contribution is 2.26. The van der Waals surface area contributed by atoms with Crippen LogP contribution in [0.25, 0.3) is 0 Å². The number of sulfonamides is 1. The van der Waals surface area contributed by atoms with Crippen molar-refractivity contribution in [3.05, 3.63) is 83.2 Å². The normalized spacial score (nSPS) is 15.8. The number of amides is 1. The second kappa shape index (κ2) is 9.44. The largest absolute Gasteiger partial charge is 0.338 e. The number of imidazole rings is 1. The van der Waals surface area contributed by atoms with Gasteiger partial charge in [-0.1, -0.05) is 24.6 Å². The van der Waals surface area contributed by atoms with E-state index in [1.165, 1.54) is 22.5 Å². The van der Waals surface area contributed by atoms with Crippen molar-refractivity contribution in [1.29, 1.82) is 0 Å². The van der Waals surface area contributed by atoms with Crippen molar-refractivity contribution in [3.63, 3.8) is 0 Å². The van der Waals surface area contributed by atoms with E-state index in [2.05, 4.69) is 10.3 Å². The van der Waals surface area contributed by atoms with Gasteiger partial charge in [-0.25, -0.2) is 17.8 Å². The molecule has 0 unspecified atom stereocenters. The molecule has 0 saturated carbocycles. The lowest BCUT2D eigenvalue weighted by molar-refractivity contribution is 0.0941. The van der Waals surface area contributed by atoms with E-state index < -0.39 is 27.8 Å². The summed E-state index contributed by atoms with van der Waals surface area (Å²) in [6.07, 6.45) is 6.02. The third-order valence-corrected chi connectivity index (χ3v) is 8.00. The van der Waals surface area contributed by atoms with Crippen molar-refractivity contribution in [3.8, 4) is 0 Å². The lowest BCUT2D eigenvalue weighted by Crippen LogP contribution is -2.36. The summed E-state index contributed by atoms with van der Waals surface area (Å²) in [5, 5.41) is 2.90. The molecule has 1 N–H and O–H groups in total. The Morgan fingerprint density at radius 3 is 2.55 bits per heavy atom. The minimum atomic E-state index is -3.70. The van der Waals surface area contributed by atoms with E-state index >= 15 is 0 Å². The molecule has 4 rings (SSSR count). The first-order valence-electron chi connectivity index (χ1n) is 10.9. The van der Waals surface area contributed by atoms with Gasteiger partial charge in [-0.05, 0) is 55.2 Å². The zero-order valence-electron chi connectivity index (χ0n) is 18.7. The van der Waals surface area contributed by atoms with Gasteiger partial charge in [0.05, 0.1) is 4.90 Å². The number of carbonyl (C=O) groups is 1. The van der Waals surface area contributed by atoms with E-state index in [-0.39, 0.29) is 10.5 Å². The Bertz CT molecular complexity index is 1270. The topological polar surface area (TPSA) is 84.3 Å². The number of carbonyl (C=O) groups excluding carboxylic acids is 1. The smallest absolute Gasteiger partial charge is 0.252 e. The van der Waals surface area contributed by atoms with Crippen LogP contribution >= 0.6 is 0 Å². The monoisotopic (exact) mass is 470 g/mol. The molecule has 174 valence electrons. The molecule has 2 aromatic carbocycles. The predicted octanol–water partition coefficient (Wildman–Crippen LogP) is 3.56. The molecule has 0 bridgehead atoms. The fourth-order valence-electron chi connectivity index (χ4n) is 4.12. The van der Waals surface area contributed by atoms with Crippen LogP contribution in [0.1, 0.15) is 52.6 Å². The maximum absolute atomic E-state index is 13.9. The van der Waals surface area contributed by atoms with Crippen molar-refractivity contribution < 1.29 is 17.6 Å². The van der Waals surface area contributed by atoms with Gasteiger partial charge in [-0.2, -0.15) is 4.31 Å². The zero-order valence-corrected chi connectivity index (χ0v) is 19.5. The molecule has 1 fully saturated rings. The first-order valence-corrected chi connectivity index (χ1v) is 12.4. The third-order valence-electron chi connectivity index (χ3n) is 5.96. The van der Waals surface area contributed by atoms with Crippen molar-refractivity contribution in [2.45, 2.75) is 37.1 Å². The number of nitrogens with one attached hydrogen (secondary N) is 1. The first kappa shape index (κ1) is 23.1. The Balaban J connectivity index is 1.67. The molecule has 1 atom stereocenters. The Hall–Kier alpha value is -3.04. The fourth-order valence-corrected chi connectivity index (χ4v) is 5.88. The summed E-state index contributed by atoms with van der Waals surface area (Å²) in [5.41, 5.74) is 1.33. The summed E-state index contributed by atoms with van der Waals surface area (Å²) < 4.78 is 43.6. The molecule has 1 amide bonds. The number of piperidine rings is 1. The number of hydrogen-bond acceptors (Lipinski definition) is 4. The maximum Gasteiger partial charge on any atom is 0.252 e. The minimum absolute atomic E-state index is 0.136. The average molecular weight is 471 g/mol. The standard InChI is InChI=1S/C24H27FN4O3S/c1-17-9-10-19(16-21(17)33(31,32)29-12-4-3-5-13-29)24(30)27-22(23-26-11-14-28(23)2)18-7-6-8-20(25)15-18/h6-11,14-16,22H,3-5,12-13H2,1-2H3,(H,27,30)/t22-/m0/s1. The molecular formula is C24H27FN4O3S. The molecule has 2 heterocycles. The van der Waals surface area contributed by atoms with Crippen molar-refractivity contribution in [2.24, 2.45) is 7.05 Å². The van der Waals surface area contributed by atoms with Crippen LogP contribution in [0.3, 0.4) is 0 Å². The second-order valence-corrected chi connectivity index (χ2v) is 10.2. The van der Waals surface area contributed by atoms with Gasteiger partial charge >= 0.3 is 0 Å². The van der Waals surface area contributed by atoms with Crippen LogP contribution in [0.15, 0.2) is 59.8 Å². The van der Waals surface area contributed by atoms with Crippen molar-refractivity contribution >= 4 is 15.9 Å². The third kappa shape index (κ3) is 4.84. The Morgan fingerprint density at radius 1 is 1.12 bits per heavy atom. The van der Waals surface area contributed by atoms with Crippen LogP contribution in [-0.4, -0.2) is 41.3 Å². The van der Waals surface area contributed by atoms with E-state index in [9.17, 15) is 17.6 Å². The Labute approximate surface area is 193 Å². The van der Waals surface area contributed by atoms with Gasteiger partial charge in [0.2, 0.25) is 10.0 Å². The summed E-state index contributed by atoms with van der Waals surface area (Å²) in [6, 6.07) is 9.92. The highest BCUT2D eigenvalue weighted by molar-refractivity contribution is 7.89. The molecule has 0 aliphatic carbocycles.